The van der Waals surface area contributed by atoms with Gasteiger partial charge in [0, 0.05) is 13.1 Å². The highest BCUT2D eigenvalue weighted by molar-refractivity contribution is 7.91. The van der Waals surface area contributed by atoms with E-state index in [4.69, 9.17) is 9.15 Å². The molecule has 1 aromatic heterocycles. The van der Waals surface area contributed by atoms with Crippen LogP contribution in [-0.4, -0.2) is 39.5 Å². The van der Waals surface area contributed by atoms with Gasteiger partial charge in [-0.05, 0) is 73.9 Å². The minimum absolute atomic E-state index is 0.158. The van der Waals surface area contributed by atoms with Crippen molar-refractivity contribution < 1.29 is 26.0 Å². The van der Waals surface area contributed by atoms with Crippen LogP contribution in [0.15, 0.2) is 76.2 Å². The zero-order valence-electron chi connectivity index (χ0n) is 17.7. The molecule has 1 aliphatic rings. The van der Waals surface area contributed by atoms with Gasteiger partial charge in [-0.25, -0.2) is 16.8 Å². The summed E-state index contributed by atoms with van der Waals surface area (Å²) in [6, 6.07) is 17.1. The first-order chi connectivity index (χ1) is 15.2. The number of rotatable bonds is 7. The van der Waals surface area contributed by atoms with E-state index in [0.717, 1.165) is 5.56 Å². The molecule has 2 heterocycles. The molecule has 2 aromatic carbocycles. The van der Waals surface area contributed by atoms with Crippen LogP contribution in [0.3, 0.4) is 0 Å². The highest BCUT2D eigenvalue weighted by Crippen LogP contribution is 2.28. The van der Waals surface area contributed by atoms with Gasteiger partial charge in [-0.1, -0.05) is 12.1 Å². The van der Waals surface area contributed by atoms with Crippen molar-refractivity contribution in [3.8, 4) is 11.5 Å². The fourth-order valence-electron chi connectivity index (χ4n) is 3.79. The van der Waals surface area contributed by atoms with Crippen LogP contribution >= 0.6 is 0 Å². The van der Waals surface area contributed by atoms with E-state index in [2.05, 4.69) is 0 Å². The van der Waals surface area contributed by atoms with Gasteiger partial charge in [0.15, 0.2) is 9.84 Å². The average Bonchev–Trinajstić information content (AvgIpc) is 3.27. The van der Waals surface area contributed by atoms with E-state index in [9.17, 15) is 16.8 Å². The SMILES string of the molecule is Cc1cccc(Oc2ccc(S(=O)(=O)N3CCC(S(=O)(=O)Cc4ccco4)CC3)cc2)c1. The van der Waals surface area contributed by atoms with E-state index in [1.54, 1.807) is 24.3 Å². The first-order valence-electron chi connectivity index (χ1n) is 10.3. The second-order valence-corrected chi connectivity index (χ2v) is 12.1. The Labute approximate surface area is 188 Å². The lowest BCUT2D eigenvalue weighted by atomic mass is 10.2. The molecule has 1 fully saturated rings. The molecule has 0 amide bonds. The minimum atomic E-state index is -3.71. The van der Waals surface area contributed by atoms with E-state index in [1.165, 1.54) is 22.7 Å². The average molecular weight is 476 g/mol. The number of furan rings is 1. The van der Waals surface area contributed by atoms with Crippen molar-refractivity contribution >= 4 is 19.9 Å². The number of sulfonamides is 1. The Balaban J connectivity index is 1.40. The number of nitrogens with zero attached hydrogens (tertiary/aromatic N) is 1. The first-order valence-corrected chi connectivity index (χ1v) is 13.5. The van der Waals surface area contributed by atoms with Crippen molar-refractivity contribution in [3.05, 3.63) is 78.3 Å². The van der Waals surface area contributed by atoms with Gasteiger partial charge in [0.1, 0.15) is 23.0 Å². The van der Waals surface area contributed by atoms with Crippen LogP contribution in [-0.2, 0) is 25.6 Å². The summed E-state index contributed by atoms with van der Waals surface area (Å²) in [6.45, 7) is 2.28. The number of benzene rings is 2. The molecule has 0 aliphatic carbocycles. The quantitative estimate of drug-likeness (QED) is 0.510. The molecule has 3 aromatic rings. The summed E-state index contributed by atoms with van der Waals surface area (Å²) in [5.41, 5.74) is 1.07. The third kappa shape index (κ3) is 5.06. The predicted octanol–water partition coefficient (Wildman–Crippen LogP) is 4.15. The molecule has 4 rings (SSSR count). The summed E-state index contributed by atoms with van der Waals surface area (Å²) < 4.78 is 63.6. The summed E-state index contributed by atoms with van der Waals surface area (Å²) in [5.74, 6) is 1.45. The molecule has 0 N–H and O–H groups in total. The molecule has 1 saturated heterocycles. The lowest BCUT2D eigenvalue weighted by Crippen LogP contribution is -2.42. The maximum Gasteiger partial charge on any atom is 0.243 e. The maximum absolute atomic E-state index is 13.0. The van der Waals surface area contributed by atoms with Crippen LogP contribution in [0.1, 0.15) is 24.2 Å². The highest BCUT2D eigenvalue weighted by Gasteiger charge is 2.35. The van der Waals surface area contributed by atoms with Crippen molar-refractivity contribution in [3.63, 3.8) is 0 Å². The molecule has 0 spiro atoms. The number of ether oxygens (including phenoxy) is 1. The molecule has 9 heteroatoms. The van der Waals surface area contributed by atoms with Crippen molar-refractivity contribution in [1.82, 2.24) is 4.31 Å². The largest absolute Gasteiger partial charge is 0.468 e. The minimum Gasteiger partial charge on any atom is -0.468 e. The zero-order chi connectivity index (χ0) is 22.8. The summed E-state index contributed by atoms with van der Waals surface area (Å²) in [5, 5.41) is -0.579. The van der Waals surface area contributed by atoms with E-state index >= 15 is 0 Å². The van der Waals surface area contributed by atoms with Gasteiger partial charge in [0.05, 0.1) is 16.4 Å². The number of hydrogen-bond donors (Lipinski definition) is 0. The van der Waals surface area contributed by atoms with E-state index in [-0.39, 0.29) is 36.6 Å². The number of aryl methyl sites for hydroxylation is 1. The maximum atomic E-state index is 13.0. The van der Waals surface area contributed by atoms with Gasteiger partial charge in [0.25, 0.3) is 0 Å². The second kappa shape index (κ2) is 9.09. The molecule has 0 bridgehead atoms. The van der Waals surface area contributed by atoms with E-state index < -0.39 is 25.1 Å². The Hall–Kier alpha value is -2.62. The molecule has 1 aliphatic heterocycles. The van der Waals surface area contributed by atoms with Crippen LogP contribution in [0.25, 0.3) is 0 Å². The van der Waals surface area contributed by atoms with Crippen LogP contribution in [0, 0.1) is 6.92 Å². The first kappa shape index (κ1) is 22.6. The fraction of sp³-hybridized carbons (Fsp3) is 0.304. The summed E-state index contributed by atoms with van der Waals surface area (Å²) in [6.07, 6.45) is 1.96. The van der Waals surface area contributed by atoms with Crippen LogP contribution in [0.5, 0.6) is 11.5 Å². The lowest BCUT2D eigenvalue weighted by Gasteiger charge is -2.30. The second-order valence-electron chi connectivity index (χ2n) is 7.88. The van der Waals surface area contributed by atoms with Gasteiger partial charge in [-0.3, -0.25) is 0 Å². The van der Waals surface area contributed by atoms with Gasteiger partial charge in [-0.2, -0.15) is 4.31 Å². The lowest BCUT2D eigenvalue weighted by molar-refractivity contribution is 0.345. The summed E-state index contributed by atoms with van der Waals surface area (Å²) in [4.78, 5) is 0.158. The van der Waals surface area contributed by atoms with E-state index in [0.29, 0.717) is 17.3 Å². The molecule has 0 saturated carbocycles. The van der Waals surface area contributed by atoms with Gasteiger partial charge in [-0.15, -0.1) is 0 Å². The molecule has 32 heavy (non-hydrogen) atoms. The van der Waals surface area contributed by atoms with Crippen molar-refractivity contribution in [1.29, 1.82) is 0 Å². The summed E-state index contributed by atoms with van der Waals surface area (Å²) in [7, 11) is -7.12. The predicted molar refractivity (Wildman–Crippen MR) is 121 cm³/mol. The molecule has 7 nitrogen and oxygen atoms in total. The van der Waals surface area contributed by atoms with Crippen LogP contribution in [0.4, 0.5) is 0 Å². The van der Waals surface area contributed by atoms with Gasteiger partial charge < -0.3 is 9.15 Å². The van der Waals surface area contributed by atoms with Crippen LogP contribution < -0.4 is 4.74 Å². The zero-order valence-corrected chi connectivity index (χ0v) is 19.3. The molecule has 0 radical (unpaired) electrons. The Morgan fingerprint density at radius 3 is 2.28 bits per heavy atom. The van der Waals surface area contributed by atoms with Gasteiger partial charge >= 0.3 is 0 Å². The number of sulfone groups is 1. The number of piperidine rings is 1. The molecular formula is C23H25NO6S2. The highest BCUT2D eigenvalue weighted by atomic mass is 32.2. The van der Waals surface area contributed by atoms with Crippen molar-refractivity contribution in [2.24, 2.45) is 0 Å². The topological polar surface area (TPSA) is 93.9 Å². The van der Waals surface area contributed by atoms with Crippen molar-refractivity contribution in [2.75, 3.05) is 13.1 Å². The monoisotopic (exact) mass is 475 g/mol. The standard InChI is InChI=1S/C23H25NO6S2/c1-18-4-2-5-20(16-18)30-19-7-9-23(10-8-19)32(27,28)24-13-11-22(12-14-24)31(25,26)17-21-6-3-15-29-21/h2-10,15-16,22H,11-14,17H2,1H3. The smallest absolute Gasteiger partial charge is 0.243 e. The fourth-order valence-corrected chi connectivity index (χ4v) is 6.98. The Morgan fingerprint density at radius 1 is 0.938 bits per heavy atom. The molecule has 0 atom stereocenters. The van der Waals surface area contributed by atoms with Crippen molar-refractivity contribution in [2.45, 2.75) is 35.7 Å². The Kier molecular flexibility index (Phi) is 6.41. The summed E-state index contributed by atoms with van der Waals surface area (Å²) >= 11 is 0. The third-order valence-corrected chi connectivity index (χ3v) is 9.61. The Bertz CT molecular complexity index is 1260. The number of hydrogen-bond acceptors (Lipinski definition) is 6. The molecular weight excluding hydrogens is 450 g/mol. The molecule has 170 valence electrons. The molecule has 0 unspecified atom stereocenters. The van der Waals surface area contributed by atoms with Crippen LogP contribution in [0.2, 0.25) is 0 Å². The Morgan fingerprint density at radius 2 is 1.66 bits per heavy atom. The van der Waals surface area contributed by atoms with Gasteiger partial charge in [0.2, 0.25) is 10.0 Å². The normalized spacial score (nSPS) is 16.2. The third-order valence-electron chi connectivity index (χ3n) is 5.52. The van der Waals surface area contributed by atoms with E-state index in [1.807, 2.05) is 31.2 Å².